The Morgan fingerprint density at radius 2 is 1.76 bits per heavy atom. The van der Waals surface area contributed by atoms with Gasteiger partial charge in [-0.25, -0.2) is 4.39 Å². The third kappa shape index (κ3) is 2.50. The smallest absolute Gasteiger partial charge is 0.216 e. The number of para-hydroxylation sites is 1. The summed E-state index contributed by atoms with van der Waals surface area (Å²) in [5.74, 6) is -0.305. The van der Waals surface area contributed by atoms with Crippen LogP contribution in [0.3, 0.4) is 0 Å². The van der Waals surface area contributed by atoms with Gasteiger partial charge in [0.1, 0.15) is 5.82 Å². The van der Waals surface area contributed by atoms with Gasteiger partial charge in [-0.05, 0) is 24.6 Å². The fourth-order valence-corrected chi connectivity index (χ4v) is 1.54. The van der Waals surface area contributed by atoms with Crippen LogP contribution in [-0.2, 0) is 0 Å². The maximum atomic E-state index is 13.3. The lowest BCUT2D eigenvalue weighted by Gasteiger charge is -2.04. The van der Waals surface area contributed by atoms with Gasteiger partial charge in [0.15, 0.2) is 6.21 Å². The van der Waals surface area contributed by atoms with Crippen LogP contribution < -0.4 is 0 Å². The van der Waals surface area contributed by atoms with Crippen molar-refractivity contribution in [2.45, 2.75) is 6.92 Å². The van der Waals surface area contributed by atoms with Crippen LogP contribution in [0.1, 0.15) is 11.1 Å². The molecule has 86 valence electrons. The van der Waals surface area contributed by atoms with E-state index in [1.807, 2.05) is 6.07 Å². The highest BCUT2D eigenvalue weighted by atomic mass is 19.1. The highest BCUT2D eigenvalue weighted by Gasteiger charge is 2.05. The average Bonchev–Trinajstić information content (AvgIpc) is 2.36. The summed E-state index contributed by atoms with van der Waals surface area (Å²) in [5, 5.41) is 11.8. The summed E-state index contributed by atoms with van der Waals surface area (Å²) in [5.41, 5.74) is 1.59. The molecule has 0 amide bonds. The molecule has 0 fully saturated rings. The van der Waals surface area contributed by atoms with E-state index in [2.05, 4.69) is 0 Å². The zero-order valence-corrected chi connectivity index (χ0v) is 9.43. The first kappa shape index (κ1) is 11.3. The molecular weight excluding hydrogens is 217 g/mol. The molecule has 0 aromatic heterocycles. The number of benzene rings is 2. The lowest BCUT2D eigenvalue weighted by atomic mass is 10.1. The van der Waals surface area contributed by atoms with Gasteiger partial charge in [-0.1, -0.05) is 24.3 Å². The van der Waals surface area contributed by atoms with Crippen LogP contribution in [0.25, 0.3) is 0 Å². The maximum Gasteiger partial charge on any atom is 0.216 e. The summed E-state index contributed by atoms with van der Waals surface area (Å²) >= 11 is 0. The number of nitrogens with zero attached hydrogens (tertiary/aromatic N) is 1. The zero-order chi connectivity index (χ0) is 12.3. The zero-order valence-electron chi connectivity index (χ0n) is 9.43. The highest BCUT2D eigenvalue weighted by molar-refractivity contribution is 5.78. The summed E-state index contributed by atoms with van der Waals surface area (Å²) in [6.45, 7) is 1.65. The average molecular weight is 229 g/mol. The second-order valence-electron chi connectivity index (χ2n) is 3.74. The second-order valence-corrected chi connectivity index (χ2v) is 3.74. The van der Waals surface area contributed by atoms with Gasteiger partial charge < -0.3 is 5.21 Å². The number of hydrogen-bond acceptors (Lipinski definition) is 1. The lowest BCUT2D eigenvalue weighted by molar-refractivity contribution is -0.354. The largest absolute Gasteiger partial charge is 0.618 e. The van der Waals surface area contributed by atoms with Crippen LogP contribution in [0, 0.1) is 17.9 Å². The van der Waals surface area contributed by atoms with E-state index in [1.54, 1.807) is 43.3 Å². The van der Waals surface area contributed by atoms with Gasteiger partial charge >= 0.3 is 0 Å². The fraction of sp³-hybridized carbons (Fsp3) is 0.0714. The first-order chi connectivity index (χ1) is 8.18. The molecule has 0 N–H and O–H groups in total. The van der Waals surface area contributed by atoms with Crippen LogP contribution in [0.15, 0.2) is 48.5 Å². The molecule has 2 rings (SSSR count). The van der Waals surface area contributed by atoms with Crippen molar-refractivity contribution in [1.29, 1.82) is 0 Å². The molecule has 2 nitrogen and oxygen atoms in total. The molecule has 0 saturated carbocycles. The molecule has 2 aromatic carbocycles. The number of halogens is 1. The predicted octanol–water partition coefficient (Wildman–Crippen LogP) is 3.40. The van der Waals surface area contributed by atoms with Crippen molar-refractivity contribution < 1.29 is 9.13 Å². The minimum Gasteiger partial charge on any atom is -0.618 e. The predicted molar refractivity (Wildman–Crippen MR) is 66.0 cm³/mol. The topological polar surface area (TPSA) is 26.1 Å². The molecule has 0 spiro atoms. The summed E-state index contributed by atoms with van der Waals surface area (Å²) in [6, 6.07) is 13.5. The Hall–Kier alpha value is -2.16. The van der Waals surface area contributed by atoms with Gasteiger partial charge in [-0.15, -0.1) is 0 Å². The van der Waals surface area contributed by atoms with E-state index in [4.69, 9.17) is 0 Å². The molecule has 0 heterocycles. The molecule has 0 aliphatic rings. The van der Waals surface area contributed by atoms with E-state index >= 15 is 0 Å². The van der Waals surface area contributed by atoms with Crippen molar-refractivity contribution in [3.8, 4) is 0 Å². The van der Waals surface area contributed by atoms with E-state index in [9.17, 15) is 9.60 Å². The Kier molecular flexibility index (Phi) is 3.19. The van der Waals surface area contributed by atoms with Crippen molar-refractivity contribution in [1.82, 2.24) is 0 Å². The Balaban J connectivity index is 2.40. The van der Waals surface area contributed by atoms with Gasteiger partial charge in [0.25, 0.3) is 0 Å². The monoisotopic (exact) mass is 229 g/mol. The number of hydrogen-bond donors (Lipinski definition) is 0. The third-order valence-electron chi connectivity index (χ3n) is 2.58. The van der Waals surface area contributed by atoms with Crippen LogP contribution in [0.2, 0.25) is 0 Å². The second kappa shape index (κ2) is 4.78. The van der Waals surface area contributed by atoms with E-state index < -0.39 is 0 Å². The van der Waals surface area contributed by atoms with Crippen molar-refractivity contribution >= 4 is 11.9 Å². The van der Waals surface area contributed by atoms with E-state index in [-0.39, 0.29) is 5.82 Å². The SMILES string of the molecule is Cc1c(F)cccc1C=[N+]([O-])c1ccccc1. The van der Waals surface area contributed by atoms with Gasteiger partial charge in [0, 0.05) is 17.7 Å². The molecule has 2 aromatic rings. The summed E-state index contributed by atoms with van der Waals surface area (Å²) in [6.07, 6.45) is 1.38. The minimum absolute atomic E-state index is 0.305. The van der Waals surface area contributed by atoms with Crippen LogP contribution in [0.5, 0.6) is 0 Å². The molecule has 0 aliphatic heterocycles. The quantitative estimate of drug-likeness (QED) is 0.335. The summed E-state index contributed by atoms with van der Waals surface area (Å²) in [4.78, 5) is 0. The molecule has 3 heteroatoms. The molecule has 0 saturated heterocycles. The molecule has 0 radical (unpaired) electrons. The maximum absolute atomic E-state index is 13.3. The van der Waals surface area contributed by atoms with Gasteiger partial charge in [-0.2, -0.15) is 4.74 Å². The molecular formula is C14H12FNO. The standard InChI is InChI=1S/C14H12FNO/c1-11-12(6-5-9-14(11)15)10-16(17)13-7-3-2-4-8-13/h2-10H,1H3. The van der Waals surface area contributed by atoms with Crippen LogP contribution in [0.4, 0.5) is 10.1 Å². The first-order valence-corrected chi connectivity index (χ1v) is 5.30. The summed E-state index contributed by atoms with van der Waals surface area (Å²) in [7, 11) is 0. The number of rotatable bonds is 2. The molecule has 17 heavy (non-hydrogen) atoms. The van der Waals surface area contributed by atoms with Crippen LogP contribution >= 0.6 is 0 Å². The summed E-state index contributed by atoms with van der Waals surface area (Å²) < 4.78 is 14.0. The third-order valence-corrected chi connectivity index (χ3v) is 2.58. The molecule has 0 aliphatic carbocycles. The van der Waals surface area contributed by atoms with E-state index in [1.165, 1.54) is 12.3 Å². The minimum atomic E-state index is -0.305. The molecule has 0 atom stereocenters. The molecule has 0 unspecified atom stereocenters. The van der Waals surface area contributed by atoms with E-state index in [0.29, 0.717) is 16.8 Å². The van der Waals surface area contributed by atoms with Gasteiger partial charge in [0.05, 0.1) is 0 Å². The normalized spacial score (nSPS) is 11.5. The van der Waals surface area contributed by atoms with Crippen LogP contribution in [-0.4, -0.2) is 11.0 Å². The Bertz CT molecular complexity index is 549. The van der Waals surface area contributed by atoms with Gasteiger partial charge in [0.2, 0.25) is 5.69 Å². The van der Waals surface area contributed by atoms with Crippen molar-refractivity contribution in [3.05, 3.63) is 70.7 Å². The van der Waals surface area contributed by atoms with Crippen molar-refractivity contribution in [2.24, 2.45) is 0 Å². The fourth-order valence-electron chi connectivity index (χ4n) is 1.54. The molecule has 0 bridgehead atoms. The van der Waals surface area contributed by atoms with E-state index in [0.717, 1.165) is 4.74 Å². The Morgan fingerprint density at radius 3 is 2.47 bits per heavy atom. The Labute approximate surface area is 99.2 Å². The lowest BCUT2D eigenvalue weighted by Crippen LogP contribution is -2.01. The highest BCUT2D eigenvalue weighted by Crippen LogP contribution is 2.13. The van der Waals surface area contributed by atoms with Crippen molar-refractivity contribution in [3.63, 3.8) is 0 Å². The van der Waals surface area contributed by atoms with Gasteiger partial charge in [-0.3, -0.25) is 0 Å². The van der Waals surface area contributed by atoms with Crippen molar-refractivity contribution in [2.75, 3.05) is 0 Å². The Morgan fingerprint density at radius 1 is 1.06 bits per heavy atom. The first-order valence-electron chi connectivity index (χ1n) is 5.30.